The van der Waals surface area contributed by atoms with Gasteiger partial charge >= 0.3 is 0 Å². The third kappa shape index (κ3) is 40.7. The number of thiol groups is 1. The molecule has 0 bridgehead atoms. The molecular weight excluding hydrogens is 206 g/mol. The number of hydrogen-bond donors (Lipinski definition) is 3. The summed E-state index contributed by atoms with van der Waals surface area (Å²) in [6.45, 7) is 3.11. The average molecular weight is 215 g/mol. The zero-order chi connectivity index (χ0) is 9.49. The van der Waals surface area contributed by atoms with Crippen LogP contribution in [0.25, 0.3) is 0 Å². The van der Waals surface area contributed by atoms with Crippen molar-refractivity contribution in [1.29, 1.82) is 0 Å². The molecule has 0 spiro atoms. The first kappa shape index (κ1) is 13.5. The average Bonchev–Trinajstić information content (AvgIpc) is 1.58. The first-order valence-corrected chi connectivity index (χ1v) is 4.80. The van der Waals surface area contributed by atoms with Gasteiger partial charge in [-0.15, -0.1) is 19.2 Å². The Balaban J connectivity index is 0. The van der Waals surface area contributed by atoms with Crippen LogP contribution in [0.5, 0.6) is 0 Å². The van der Waals surface area contributed by atoms with Crippen LogP contribution in [-0.2, 0) is 10.1 Å². The summed E-state index contributed by atoms with van der Waals surface area (Å²) in [6.07, 6.45) is 1.12. The summed E-state index contributed by atoms with van der Waals surface area (Å²) < 4.78 is 27.5. The Morgan fingerprint density at radius 3 is 2.09 bits per heavy atom. The van der Waals surface area contributed by atoms with E-state index < -0.39 is 10.1 Å². The molecule has 3 N–H and O–H groups in total. The SMILES string of the molecule is C=CCS(=O)(=O)O.NC(=S)S. The lowest BCUT2D eigenvalue weighted by Crippen LogP contribution is -1.99. The lowest BCUT2D eigenvalue weighted by molar-refractivity contribution is 0.487. The molecule has 0 atom stereocenters. The van der Waals surface area contributed by atoms with Gasteiger partial charge in [-0.25, -0.2) is 0 Å². The van der Waals surface area contributed by atoms with Gasteiger partial charge < -0.3 is 5.73 Å². The topological polar surface area (TPSA) is 80.4 Å². The summed E-state index contributed by atoms with van der Waals surface area (Å²) in [6, 6.07) is 0. The highest BCUT2D eigenvalue weighted by Crippen LogP contribution is 1.78. The Kier molecular flexibility index (Phi) is 8.08. The molecule has 0 unspecified atom stereocenters. The summed E-state index contributed by atoms with van der Waals surface area (Å²) in [5, 5.41) is 0. The zero-order valence-electron chi connectivity index (χ0n) is 5.60. The first-order chi connectivity index (χ1) is 4.79. The molecule has 0 aliphatic carbocycles. The Bertz CT molecular complexity index is 217. The first-order valence-electron chi connectivity index (χ1n) is 2.34. The van der Waals surface area contributed by atoms with Crippen molar-refractivity contribution in [3.05, 3.63) is 12.7 Å². The molecule has 0 fully saturated rings. The summed E-state index contributed by atoms with van der Waals surface area (Å²) in [5.74, 6) is -0.368. The van der Waals surface area contributed by atoms with E-state index in [1.807, 2.05) is 0 Å². The van der Waals surface area contributed by atoms with Crippen LogP contribution in [0, 0.1) is 0 Å². The molecule has 7 heteroatoms. The van der Waals surface area contributed by atoms with Crippen LogP contribution in [0.3, 0.4) is 0 Å². The molecule has 0 aromatic carbocycles. The number of thiocarbonyl (C=S) groups is 1. The molecule has 0 saturated carbocycles. The molecule has 0 aliphatic rings. The maximum atomic E-state index is 9.72. The second-order valence-electron chi connectivity index (χ2n) is 1.38. The van der Waals surface area contributed by atoms with Gasteiger partial charge in [-0.05, 0) is 0 Å². The Morgan fingerprint density at radius 2 is 2.09 bits per heavy atom. The van der Waals surface area contributed by atoms with Crippen LogP contribution in [0.4, 0.5) is 0 Å². The highest BCUT2D eigenvalue weighted by atomic mass is 32.2. The highest BCUT2D eigenvalue weighted by Gasteiger charge is 1.95. The van der Waals surface area contributed by atoms with Gasteiger partial charge in [0.15, 0.2) is 0 Å². The van der Waals surface area contributed by atoms with E-state index in [1.165, 1.54) is 0 Å². The fourth-order valence-corrected chi connectivity index (χ4v) is 0.447. The molecule has 0 aliphatic heterocycles. The van der Waals surface area contributed by atoms with E-state index >= 15 is 0 Å². The van der Waals surface area contributed by atoms with E-state index in [0.717, 1.165) is 6.08 Å². The summed E-state index contributed by atoms with van der Waals surface area (Å²) in [7, 11) is -3.79. The van der Waals surface area contributed by atoms with Crippen LogP contribution >= 0.6 is 24.8 Å². The Hall–Kier alpha value is -0.110. The van der Waals surface area contributed by atoms with Gasteiger partial charge in [0.1, 0.15) is 4.32 Å². The standard InChI is InChI=1S/C3H6O3S.CH3NS2/c1-2-3-7(4,5)6;2-1(3)4/h2H,1,3H2,(H,4,5,6);(H3,2,3,4). The molecule has 0 aromatic rings. The van der Waals surface area contributed by atoms with Crippen molar-refractivity contribution in [3.63, 3.8) is 0 Å². The fraction of sp³-hybridized carbons (Fsp3) is 0.250. The predicted octanol–water partition coefficient (Wildman–Crippen LogP) is 0.220. The van der Waals surface area contributed by atoms with Crippen LogP contribution in [0.2, 0.25) is 0 Å². The van der Waals surface area contributed by atoms with Gasteiger partial charge in [-0.1, -0.05) is 18.3 Å². The minimum absolute atomic E-state index is 0.194. The van der Waals surface area contributed by atoms with Crippen LogP contribution in [-0.4, -0.2) is 23.0 Å². The van der Waals surface area contributed by atoms with E-state index in [9.17, 15) is 8.42 Å². The third-order valence-corrected chi connectivity index (χ3v) is 0.985. The molecule has 0 rings (SSSR count). The highest BCUT2D eigenvalue weighted by molar-refractivity contribution is 8.10. The van der Waals surface area contributed by atoms with E-state index in [-0.39, 0.29) is 10.1 Å². The number of nitrogens with two attached hydrogens (primary N) is 1. The van der Waals surface area contributed by atoms with Gasteiger partial charge in [-0.2, -0.15) is 8.42 Å². The maximum Gasteiger partial charge on any atom is 0.268 e. The summed E-state index contributed by atoms with van der Waals surface area (Å²) in [4.78, 5) is 0. The van der Waals surface area contributed by atoms with Gasteiger partial charge in [0.05, 0.1) is 5.75 Å². The number of rotatable bonds is 2. The smallest absolute Gasteiger partial charge is 0.268 e. The largest absolute Gasteiger partial charge is 0.385 e. The van der Waals surface area contributed by atoms with E-state index in [4.69, 9.17) is 10.3 Å². The van der Waals surface area contributed by atoms with Gasteiger partial charge in [0.2, 0.25) is 0 Å². The van der Waals surface area contributed by atoms with Gasteiger partial charge in [0.25, 0.3) is 10.1 Å². The summed E-state index contributed by atoms with van der Waals surface area (Å²) >= 11 is 7.65. The minimum Gasteiger partial charge on any atom is -0.385 e. The second kappa shape index (κ2) is 6.59. The molecule has 4 nitrogen and oxygen atoms in total. The normalized spacial score (nSPS) is 9.27. The lowest BCUT2D eigenvalue weighted by Gasteiger charge is -1.82. The molecule has 0 heterocycles. The monoisotopic (exact) mass is 215 g/mol. The van der Waals surface area contributed by atoms with Crippen molar-refractivity contribution in [3.8, 4) is 0 Å². The molecule has 0 saturated heterocycles. The Labute approximate surface area is 76.6 Å². The lowest BCUT2D eigenvalue weighted by atomic mass is 10.8. The molecule has 66 valence electrons. The van der Waals surface area contributed by atoms with Crippen molar-refractivity contribution >= 4 is 39.3 Å². The molecular formula is C4H9NO3S3. The van der Waals surface area contributed by atoms with E-state index in [1.54, 1.807) is 0 Å². The molecule has 0 aromatic heterocycles. The third-order valence-electron chi connectivity index (χ3n) is 0.328. The van der Waals surface area contributed by atoms with Gasteiger partial charge in [0, 0.05) is 0 Å². The van der Waals surface area contributed by atoms with Crippen LogP contribution in [0.15, 0.2) is 12.7 Å². The quantitative estimate of drug-likeness (QED) is 0.266. The van der Waals surface area contributed by atoms with Crippen molar-refractivity contribution in [1.82, 2.24) is 0 Å². The molecule has 0 radical (unpaired) electrons. The van der Waals surface area contributed by atoms with E-state index in [0.29, 0.717) is 0 Å². The van der Waals surface area contributed by atoms with Crippen molar-refractivity contribution in [2.75, 3.05) is 5.75 Å². The molecule has 0 amide bonds. The minimum atomic E-state index is -3.79. The van der Waals surface area contributed by atoms with E-state index in [2.05, 4.69) is 31.4 Å². The van der Waals surface area contributed by atoms with Crippen LogP contribution < -0.4 is 5.73 Å². The predicted molar refractivity (Wildman–Crippen MR) is 52.4 cm³/mol. The van der Waals surface area contributed by atoms with Crippen molar-refractivity contribution in [2.45, 2.75) is 0 Å². The van der Waals surface area contributed by atoms with Crippen LogP contribution in [0.1, 0.15) is 0 Å². The van der Waals surface area contributed by atoms with Crippen molar-refractivity contribution < 1.29 is 13.0 Å². The Morgan fingerprint density at radius 1 is 1.82 bits per heavy atom. The van der Waals surface area contributed by atoms with Crippen molar-refractivity contribution in [2.24, 2.45) is 5.73 Å². The maximum absolute atomic E-state index is 9.72. The summed E-state index contributed by atoms with van der Waals surface area (Å²) in [5.41, 5.74) is 4.71. The van der Waals surface area contributed by atoms with Gasteiger partial charge in [-0.3, -0.25) is 4.55 Å². The molecule has 11 heavy (non-hydrogen) atoms. The second-order valence-corrected chi connectivity index (χ2v) is 4.10. The zero-order valence-corrected chi connectivity index (χ0v) is 8.12. The fourth-order valence-electron chi connectivity index (χ4n) is 0.149. The number of hydrogen-bond acceptors (Lipinski definition) is 3.